The summed E-state index contributed by atoms with van der Waals surface area (Å²) in [5.41, 5.74) is -0.428. The highest BCUT2D eigenvalue weighted by Gasteiger charge is 2.43. The minimum absolute atomic E-state index is 0.171. The van der Waals surface area contributed by atoms with Crippen molar-refractivity contribution in [1.82, 2.24) is 0 Å². The Bertz CT molecular complexity index is 286. The number of thiol groups is 1. The molecule has 0 aromatic carbocycles. The minimum Gasteiger partial charge on any atom is -0.305 e. The highest BCUT2D eigenvalue weighted by atomic mass is 32.1. The average Bonchev–Trinajstić information content (AvgIpc) is 2.13. The number of allylic oxidation sites excluding steroid dienone is 1. The van der Waals surface area contributed by atoms with Crippen molar-refractivity contribution in [2.24, 2.45) is 5.41 Å². The molecule has 0 saturated carbocycles. The van der Waals surface area contributed by atoms with Crippen LogP contribution in [0.4, 0.5) is 0 Å². The first-order chi connectivity index (χ1) is 7.55. The molecule has 3 nitrogen and oxygen atoms in total. The lowest BCUT2D eigenvalue weighted by molar-refractivity contribution is 0.136. The van der Waals surface area contributed by atoms with Crippen LogP contribution in [0.2, 0.25) is 0 Å². The van der Waals surface area contributed by atoms with Gasteiger partial charge in [0.25, 0.3) is 0 Å². The molecule has 0 spiro atoms. The van der Waals surface area contributed by atoms with Gasteiger partial charge in [-0.2, -0.15) is 12.6 Å². The summed E-state index contributed by atoms with van der Waals surface area (Å²) < 4.78 is 23.8. The molecule has 0 aliphatic heterocycles. The van der Waals surface area contributed by atoms with Crippen LogP contribution in [-0.4, -0.2) is 17.2 Å². The third-order valence-electron chi connectivity index (χ3n) is 2.21. The molecule has 0 aliphatic carbocycles. The average molecular weight is 280 g/mol. The summed E-state index contributed by atoms with van der Waals surface area (Å²) in [6.45, 7) is 14.9. The van der Waals surface area contributed by atoms with E-state index in [0.717, 1.165) is 0 Å². The maximum Gasteiger partial charge on any atom is 0.344 e. The summed E-state index contributed by atoms with van der Waals surface area (Å²) >= 11 is 4.44. The van der Waals surface area contributed by atoms with Gasteiger partial charge in [-0.05, 0) is 27.7 Å². The van der Waals surface area contributed by atoms with Crippen LogP contribution in [0.3, 0.4) is 0 Å². The summed E-state index contributed by atoms with van der Waals surface area (Å²) in [5, 5.41) is 0. The standard InChI is InChI=1S/C12H25O3PS/c1-8-12(6,7)11(17)16(13,14-9(2)3)15-10(4)5/h8-11,17H,1H2,2-7H3. The molecule has 1 atom stereocenters. The lowest BCUT2D eigenvalue weighted by Crippen LogP contribution is -2.26. The zero-order chi connectivity index (χ0) is 13.9. The van der Waals surface area contributed by atoms with Crippen LogP contribution >= 0.6 is 20.2 Å². The normalized spacial score (nSPS) is 15.4. The van der Waals surface area contributed by atoms with Gasteiger partial charge in [-0.1, -0.05) is 19.9 Å². The fourth-order valence-corrected chi connectivity index (χ4v) is 4.05. The second-order valence-electron chi connectivity index (χ2n) is 5.25. The van der Waals surface area contributed by atoms with Crippen molar-refractivity contribution >= 4 is 20.2 Å². The van der Waals surface area contributed by atoms with E-state index < -0.39 is 18.0 Å². The van der Waals surface area contributed by atoms with E-state index in [4.69, 9.17) is 9.05 Å². The summed E-state index contributed by atoms with van der Waals surface area (Å²) in [6.07, 6.45) is 1.38. The quantitative estimate of drug-likeness (QED) is 0.424. The van der Waals surface area contributed by atoms with E-state index in [0.29, 0.717) is 0 Å². The van der Waals surface area contributed by atoms with Crippen molar-refractivity contribution < 1.29 is 13.6 Å². The van der Waals surface area contributed by atoms with Gasteiger partial charge in [-0.3, -0.25) is 4.57 Å². The zero-order valence-corrected chi connectivity index (χ0v) is 13.4. The van der Waals surface area contributed by atoms with E-state index in [1.165, 1.54) is 0 Å². The molecule has 0 heterocycles. The van der Waals surface area contributed by atoms with E-state index in [2.05, 4.69) is 19.2 Å². The zero-order valence-electron chi connectivity index (χ0n) is 11.6. The fraction of sp³-hybridized carbons (Fsp3) is 0.833. The van der Waals surface area contributed by atoms with Crippen LogP contribution in [0.15, 0.2) is 12.7 Å². The molecule has 0 amide bonds. The smallest absolute Gasteiger partial charge is 0.305 e. The number of rotatable bonds is 7. The molecule has 0 N–H and O–H groups in total. The van der Waals surface area contributed by atoms with Crippen LogP contribution in [0, 0.1) is 5.41 Å². The molecular formula is C12H25O3PS. The molecule has 0 radical (unpaired) electrons. The molecule has 5 heteroatoms. The Morgan fingerprint density at radius 2 is 1.53 bits per heavy atom. The third kappa shape index (κ3) is 5.17. The highest BCUT2D eigenvalue weighted by Crippen LogP contribution is 2.61. The van der Waals surface area contributed by atoms with Gasteiger partial charge in [0, 0.05) is 5.41 Å². The Hall–Kier alpha value is 0.240. The summed E-state index contributed by atoms with van der Waals surface area (Å²) in [5.74, 6) is 0. The van der Waals surface area contributed by atoms with E-state index in [9.17, 15) is 4.57 Å². The molecule has 0 bridgehead atoms. The molecule has 0 aromatic rings. The molecule has 17 heavy (non-hydrogen) atoms. The Balaban J connectivity index is 5.17. The molecule has 0 rings (SSSR count). The van der Waals surface area contributed by atoms with Crippen molar-refractivity contribution in [3.63, 3.8) is 0 Å². The van der Waals surface area contributed by atoms with Gasteiger partial charge in [0.15, 0.2) is 0 Å². The molecule has 0 fully saturated rings. The third-order valence-corrected chi connectivity index (χ3v) is 6.42. The predicted molar refractivity (Wildman–Crippen MR) is 76.8 cm³/mol. The first-order valence-corrected chi connectivity index (χ1v) is 7.96. The van der Waals surface area contributed by atoms with Crippen LogP contribution < -0.4 is 0 Å². The summed E-state index contributed by atoms with van der Waals surface area (Å²) in [7, 11) is -3.27. The van der Waals surface area contributed by atoms with Crippen molar-refractivity contribution in [3.8, 4) is 0 Å². The number of hydrogen-bond donors (Lipinski definition) is 1. The predicted octanol–water partition coefficient (Wildman–Crippen LogP) is 4.50. The Kier molecular flexibility index (Phi) is 6.51. The summed E-state index contributed by atoms with van der Waals surface area (Å²) in [6, 6.07) is 0. The van der Waals surface area contributed by atoms with Gasteiger partial charge in [0.2, 0.25) is 0 Å². The fourth-order valence-electron chi connectivity index (χ4n) is 1.24. The van der Waals surface area contributed by atoms with Crippen molar-refractivity contribution in [2.75, 3.05) is 0 Å². The molecular weight excluding hydrogens is 255 g/mol. The molecule has 0 saturated heterocycles. The SMILES string of the molecule is C=CC(C)(C)C(S)P(=O)(OC(C)C)OC(C)C. The van der Waals surface area contributed by atoms with Crippen molar-refractivity contribution in [1.29, 1.82) is 0 Å². The minimum atomic E-state index is -3.27. The van der Waals surface area contributed by atoms with Crippen molar-refractivity contribution in [2.45, 2.75) is 58.7 Å². The Labute approximate surface area is 111 Å². The Morgan fingerprint density at radius 3 is 1.76 bits per heavy atom. The monoisotopic (exact) mass is 280 g/mol. The molecule has 102 valence electrons. The van der Waals surface area contributed by atoms with Gasteiger partial charge in [-0.15, -0.1) is 6.58 Å². The second-order valence-corrected chi connectivity index (χ2v) is 8.19. The van der Waals surface area contributed by atoms with E-state index in [1.54, 1.807) is 6.08 Å². The first kappa shape index (κ1) is 17.2. The largest absolute Gasteiger partial charge is 0.344 e. The maximum absolute atomic E-state index is 12.8. The topological polar surface area (TPSA) is 35.5 Å². The lowest BCUT2D eigenvalue weighted by atomic mass is 9.97. The first-order valence-electron chi connectivity index (χ1n) is 5.83. The molecule has 1 unspecified atom stereocenters. The molecule has 0 aromatic heterocycles. The van der Waals surface area contributed by atoms with Gasteiger partial charge in [0.05, 0.1) is 12.2 Å². The van der Waals surface area contributed by atoms with Crippen LogP contribution in [0.5, 0.6) is 0 Å². The van der Waals surface area contributed by atoms with E-state index in [-0.39, 0.29) is 12.2 Å². The lowest BCUT2D eigenvalue weighted by Gasteiger charge is -2.34. The van der Waals surface area contributed by atoms with E-state index in [1.807, 2.05) is 41.5 Å². The van der Waals surface area contributed by atoms with E-state index >= 15 is 0 Å². The molecule has 0 aliphatic rings. The van der Waals surface area contributed by atoms with Gasteiger partial charge < -0.3 is 9.05 Å². The maximum atomic E-state index is 12.8. The van der Waals surface area contributed by atoms with Crippen LogP contribution in [0.25, 0.3) is 0 Å². The highest BCUT2D eigenvalue weighted by molar-refractivity contribution is 7.90. The van der Waals surface area contributed by atoms with Gasteiger partial charge in [-0.25, -0.2) is 0 Å². The number of hydrogen-bond acceptors (Lipinski definition) is 4. The Morgan fingerprint density at radius 1 is 1.18 bits per heavy atom. The second kappa shape index (κ2) is 6.42. The summed E-state index contributed by atoms with van der Waals surface area (Å²) in [4.78, 5) is -0.530. The van der Waals surface area contributed by atoms with Crippen molar-refractivity contribution in [3.05, 3.63) is 12.7 Å². The van der Waals surface area contributed by atoms with Gasteiger partial charge >= 0.3 is 7.60 Å². The van der Waals surface area contributed by atoms with Crippen LogP contribution in [0.1, 0.15) is 41.5 Å². The van der Waals surface area contributed by atoms with Gasteiger partial charge in [0.1, 0.15) is 4.99 Å². The van der Waals surface area contributed by atoms with Crippen LogP contribution in [-0.2, 0) is 13.6 Å².